The molecule has 13 heavy (non-hydrogen) atoms. The number of Topliss-reactive ketones (excluding diaryl/α,β-unsaturated/α-hetero) is 1. The molecule has 0 saturated heterocycles. The van der Waals surface area contributed by atoms with Crippen molar-refractivity contribution in [1.29, 1.82) is 0 Å². The predicted molar refractivity (Wildman–Crippen MR) is 51.7 cm³/mol. The molecule has 0 amide bonds. The molecule has 1 rings (SSSR count). The number of carbonyl (C=O) groups is 1. The first-order valence-corrected chi connectivity index (χ1v) is 5.03. The van der Waals surface area contributed by atoms with Gasteiger partial charge in [0.05, 0.1) is 13.2 Å². The first-order chi connectivity index (χ1) is 6.24. The van der Waals surface area contributed by atoms with Crippen molar-refractivity contribution in [3.05, 3.63) is 0 Å². The Morgan fingerprint density at radius 3 is 2.77 bits per heavy atom. The molecule has 0 aromatic heterocycles. The van der Waals surface area contributed by atoms with E-state index in [1.807, 2.05) is 18.9 Å². The van der Waals surface area contributed by atoms with E-state index in [2.05, 4.69) is 0 Å². The van der Waals surface area contributed by atoms with E-state index in [1.54, 1.807) is 0 Å². The SMILES string of the molecule is CCOCCN(C)CC(=O)C1CC1. The van der Waals surface area contributed by atoms with Crippen LogP contribution in [0.2, 0.25) is 0 Å². The molecule has 1 saturated carbocycles. The topological polar surface area (TPSA) is 29.5 Å². The van der Waals surface area contributed by atoms with E-state index in [-0.39, 0.29) is 0 Å². The minimum atomic E-state index is 0.384. The van der Waals surface area contributed by atoms with Gasteiger partial charge in [0.1, 0.15) is 5.78 Å². The summed E-state index contributed by atoms with van der Waals surface area (Å²) in [4.78, 5) is 13.4. The standard InChI is InChI=1S/C10H19NO2/c1-3-13-7-6-11(2)8-10(12)9-4-5-9/h9H,3-8H2,1-2H3. The number of rotatable bonds is 7. The number of ketones is 1. The molecule has 0 aromatic rings. The average molecular weight is 185 g/mol. The van der Waals surface area contributed by atoms with Crippen molar-refractivity contribution in [2.24, 2.45) is 5.92 Å². The lowest BCUT2D eigenvalue weighted by Gasteiger charge is -2.14. The third-order valence-corrected chi connectivity index (χ3v) is 2.28. The minimum absolute atomic E-state index is 0.384. The van der Waals surface area contributed by atoms with Gasteiger partial charge < -0.3 is 4.74 Å². The maximum atomic E-state index is 11.4. The van der Waals surface area contributed by atoms with Crippen molar-refractivity contribution >= 4 is 5.78 Å². The smallest absolute Gasteiger partial charge is 0.149 e. The van der Waals surface area contributed by atoms with Crippen LogP contribution in [0, 0.1) is 5.92 Å². The molecule has 0 heterocycles. The lowest BCUT2D eigenvalue weighted by molar-refractivity contribution is -0.121. The average Bonchev–Trinajstić information content (AvgIpc) is 2.86. The van der Waals surface area contributed by atoms with Gasteiger partial charge in [-0.15, -0.1) is 0 Å². The van der Waals surface area contributed by atoms with Gasteiger partial charge in [-0.3, -0.25) is 9.69 Å². The summed E-state index contributed by atoms with van der Waals surface area (Å²) in [5.74, 6) is 0.786. The Balaban J connectivity index is 2.02. The Kier molecular flexibility index (Phi) is 4.39. The van der Waals surface area contributed by atoms with Crippen molar-refractivity contribution in [1.82, 2.24) is 4.90 Å². The van der Waals surface area contributed by atoms with Gasteiger partial charge >= 0.3 is 0 Å². The monoisotopic (exact) mass is 185 g/mol. The van der Waals surface area contributed by atoms with Crippen LogP contribution in [0.25, 0.3) is 0 Å². The quantitative estimate of drug-likeness (QED) is 0.553. The number of hydrogen-bond donors (Lipinski definition) is 0. The van der Waals surface area contributed by atoms with Gasteiger partial charge in [-0.25, -0.2) is 0 Å². The Morgan fingerprint density at radius 1 is 1.54 bits per heavy atom. The lowest BCUT2D eigenvalue weighted by atomic mass is 10.2. The second-order valence-corrected chi connectivity index (χ2v) is 3.68. The van der Waals surface area contributed by atoms with E-state index >= 15 is 0 Å². The van der Waals surface area contributed by atoms with E-state index in [0.29, 0.717) is 18.2 Å². The van der Waals surface area contributed by atoms with Crippen molar-refractivity contribution in [3.63, 3.8) is 0 Å². The zero-order valence-electron chi connectivity index (χ0n) is 8.58. The van der Waals surface area contributed by atoms with E-state index in [9.17, 15) is 4.79 Å². The van der Waals surface area contributed by atoms with Crippen molar-refractivity contribution in [3.8, 4) is 0 Å². The molecule has 1 aliphatic rings. The molecule has 0 atom stereocenters. The zero-order valence-corrected chi connectivity index (χ0v) is 8.58. The van der Waals surface area contributed by atoms with Crippen molar-refractivity contribution in [2.75, 3.05) is 33.4 Å². The molecule has 1 fully saturated rings. The van der Waals surface area contributed by atoms with Crippen LogP contribution in [-0.4, -0.2) is 44.0 Å². The Hall–Kier alpha value is -0.410. The lowest BCUT2D eigenvalue weighted by Crippen LogP contribution is -2.29. The fraction of sp³-hybridized carbons (Fsp3) is 0.900. The molecule has 0 spiro atoms. The Bertz CT molecular complexity index is 166. The van der Waals surface area contributed by atoms with Gasteiger partial charge in [-0.1, -0.05) is 0 Å². The van der Waals surface area contributed by atoms with Crippen LogP contribution in [0.3, 0.4) is 0 Å². The van der Waals surface area contributed by atoms with E-state index in [1.165, 1.54) is 0 Å². The first-order valence-electron chi connectivity index (χ1n) is 5.03. The molecule has 0 unspecified atom stereocenters. The van der Waals surface area contributed by atoms with E-state index < -0.39 is 0 Å². The van der Waals surface area contributed by atoms with Gasteiger partial charge in [-0.05, 0) is 26.8 Å². The summed E-state index contributed by atoms with van der Waals surface area (Å²) < 4.78 is 5.21. The van der Waals surface area contributed by atoms with Gasteiger partial charge in [0, 0.05) is 19.1 Å². The van der Waals surface area contributed by atoms with Crippen LogP contribution in [0.1, 0.15) is 19.8 Å². The number of nitrogens with zero attached hydrogens (tertiary/aromatic N) is 1. The highest BCUT2D eigenvalue weighted by atomic mass is 16.5. The number of carbonyl (C=O) groups excluding carboxylic acids is 1. The first kappa shape index (κ1) is 10.7. The van der Waals surface area contributed by atoms with Gasteiger partial charge in [-0.2, -0.15) is 0 Å². The summed E-state index contributed by atoms with van der Waals surface area (Å²) in [5.41, 5.74) is 0. The summed E-state index contributed by atoms with van der Waals surface area (Å²) in [7, 11) is 1.97. The maximum absolute atomic E-state index is 11.4. The molecular formula is C10H19NO2. The van der Waals surface area contributed by atoms with Crippen molar-refractivity contribution < 1.29 is 9.53 Å². The molecule has 1 aliphatic carbocycles. The highest BCUT2D eigenvalue weighted by molar-refractivity contribution is 5.84. The van der Waals surface area contributed by atoms with Crippen LogP contribution in [0.15, 0.2) is 0 Å². The molecule has 3 heteroatoms. The fourth-order valence-electron chi connectivity index (χ4n) is 1.24. The molecule has 3 nitrogen and oxygen atoms in total. The number of ether oxygens (including phenoxy) is 1. The van der Waals surface area contributed by atoms with Gasteiger partial charge in [0.15, 0.2) is 0 Å². The number of hydrogen-bond acceptors (Lipinski definition) is 3. The normalized spacial score (nSPS) is 16.5. The zero-order chi connectivity index (χ0) is 9.68. The summed E-state index contributed by atoms with van der Waals surface area (Å²) in [6.45, 7) is 4.91. The largest absolute Gasteiger partial charge is 0.380 e. The molecular weight excluding hydrogens is 166 g/mol. The summed E-state index contributed by atoms with van der Waals surface area (Å²) in [6.07, 6.45) is 2.22. The fourth-order valence-corrected chi connectivity index (χ4v) is 1.24. The van der Waals surface area contributed by atoms with E-state index in [4.69, 9.17) is 4.74 Å². The Labute approximate surface area is 80.1 Å². The molecule has 0 bridgehead atoms. The third-order valence-electron chi connectivity index (χ3n) is 2.28. The third kappa shape index (κ3) is 4.39. The predicted octanol–water partition coefficient (Wildman–Crippen LogP) is 0.934. The molecule has 0 N–H and O–H groups in total. The van der Waals surface area contributed by atoms with Crippen molar-refractivity contribution in [2.45, 2.75) is 19.8 Å². The van der Waals surface area contributed by atoms with Gasteiger partial charge in [0.2, 0.25) is 0 Å². The molecule has 0 radical (unpaired) electrons. The minimum Gasteiger partial charge on any atom is -0.380 e. The van der Waals surface area contributed by atoms with E-state index in [0.717, 1.165) is 32.6 Å². The van der Waals surface area contributed by atoms with Crippen LogP contribution in [0.5, 0.6) is 0 Å². The summed E-state index contributed by atoms with van der Waals surface area (Å²) in [5, 5.41) is 0. The Morgan fingerprint density at radius 2 is 2.23 bits per heavy atom. The summed E-state index contributed by atoms with van der Waals surface area (Å²) in [6, 6.07) is 0. The number of likely N-dealkylation sites (N-methyl/N-ethyl adjacent to an activating group) is 1. The highest BCUT2D eigenvalue weighted by Crippen LogP contribution is 2.29. The maximum Gasteiger partial charge on any atom is 0.149 e. The molecule has 0 aromatic carbocycles. The van der Waals surface area contributed by atoms with Gasteiger partial charge in [0.25, 0.3) is 0 Å². The van der Waals surface area contributed by atoms with Crippen LogP contribution < -0.4 is 0 Å². The van der Waals surface area contributed by atoms with Crippen LogP contribution in [-0.2, 0) is 9.53 Å². The molecule has 0 aliphatic heterocycles. The molecule has 76 valence electrons. The second-order valence-electron chi connectivity index (χ2n) is 3.68. The van der Waals surface area contributed by atoms with Crippen LogP contribution >= 0.6 is 0 Å². The van der Waals surface area contributed by atoms with Crippen LogP contribution in [0.4, 0.5) is 0 Å². The highest BCUT2D eigenvalue weighted by Gasteiger charge is 2.29. The second kappa shape index (κ2) is 5.35. The summed E-state index contributed by atoms with van der Waals surface area (Å²) >= 11 is 0.